The molecule has 1 saturated heterocycles. The summed E-state index contributed by atoms with van der Waals surface area (Å²) in [5, 5.41) is 3.32. The van der Waals surface area contributed by atoms with Crippen LogP contribution in [0.15, 0.2) is 66.7 Å². The largest absolute Gasteiger partial charge is 0.416 e. The van der Waals surface area contributed by atoms with Gasteiger partial charge in [-0.2, -0.15) is 13.2 Å². The van der Waals surface area contributed by atoms with Crippen molar-refractivity contribution in [2.75, 3.05) is 26.2 Å². The lowest BCUT2D eigenvalue weighted by atomic mass is 9.72. The van der Waals surface area contributed by atoms with Crippen molar-refractivity contribution in [1.82, 2.24) is 15.2 Å². The molecule has 1 N–H and O–H groups in total. The SMILES string of the molecule is O=C(NCC1(c2ccccc2)CCN(CCc2ccccc2C(F)(F)F)CC1)c1cc(Cl)nc(Cl)c1. The van der Waals surface area contributed by atoms with Crippen LogP contribution in [-0.2, 0) is 18.0 Å². The van der Waals surface area contributed by atoms with Gasteiger partial charge in [-0.25, -0.2) is 4.98 Å². The number of carbonyl (C=O) groups is 1. The summed E-state index contributed by atoms with van der Waals surface area (Å²) in [7, 11) is 0. The molecule has 190 valence electrons. The van der Waals surface area contributed by atoms with Crippen molar-refractivity contribution in [2.24, 2.45) is 0 Å². The lowest BCUT2D eigenvalue weighted by Gasteiger charge is -2.42. The number of hydrogen-bond acceptors (Lipinski definition) is 3. The van der Waals surface area contributed by atoms with Crippen LogP contribution < -0.4 is 5.32 Å². The van der Waals surface area contributed by atoms with Gasteiger partial charge in [0.15, 0.2) is 0 Å². The minimum atomic E-state index is -4.36. The predicted octanol–water partition coefficient (Wildman–Crippen LogP) is 6.41. The molecule has 4 rings (SSSR count). The van der Waals surface area contributed by atoms with Crippen LogP contribution >= 0.6 is 23.2 Å². The summed E-state index contributed by atoms with van der Waals surface area (Å²) in [4.78, 5) is 18.9. The van der Waals surface area contributed by atoms with Crippen molar-refractivity contribution in [3.63, 3.8) is 0 Å². The standard InChI is InChI=1S/C27H26Cl2F3N3O/c28-23-16-20(17-24(29)34-23)25(36)33-18-26(21-7-2-1-3-8-21)11-14-35(15-12-26)13-10-19-6-4-5-9-22(19)27(30,31)32/h1-9,16-17H,10-15,18H2,(H,33,36). The van der Waals surface area contributed by atoms with E-state index >= 15 is 0 Å². The molecule has 0 bridgehead atoms. The first kappa shape index (κ1) is 26.5. The number of rotatable bonds is 7. The normalized spacial score (nSPS) is 16.0. The van der Waals surface area contributed by atoms with Gasteiger partial charge >= 0.3 is 6.18 Å². The van der Waals surface area contributed by atoms with Crippen molar-refractivity contribution in [2.45, 2.75) is 30.9 Å². The van der Waals surface area contributed by atoms with Gasteiger partial charge in [0.2, 0.25) is 0 Å². The van der Waals surface area contributed by atoms with Gasteiger partial charge in [0, 0.05) is 24.1 Å². The molecule has 9 heteroatoms. The molecule has 1 aliphatic heterocycles. The Hall–Kier alpha value is -2.61. The predicted molar refractivity (Wildman–Crippen MR) is 136 cm³/mol. The van der Waals surface area contributed by atoms with Crippen LogP contribution in [0, 0.1) is 0 Å². The summed E-state index contributed by atoms with van der Waals surface area (Å²) in [6.45, 7) is 2.38. The molecule has 4 nitrogen and oxygen atoms in total. The third-order valence-corrected chi connectivity index (χ3v) is 7.22. The Bertz CT molecular complexity index is 1180. The molecule has 1 amide bonds. The number of amides is 1. The van der Waals surface area contributed by atoms with Crippen molar-refractivity contribution in [3.05, 3.63) is 99.3 Å². The quantitative estimate of drug-likeness (QED) is 0.355. The van der Waals surface area contributed by atoms with Crippen molar-refractivity contribution in [3.8, 4) is 0 Å². The van der Waals surface area contributed by atoms with E-state index in [1.54, 1.807) is 12.1 Å². The second-order valence-corrected chi connectivity index (χ2v) is 9.85. The van der Waals surface area contributed by atoms with Crippen LogP contribution in [0.2, 0.25) is 10.3 Å². The van der Waals surface area contributed by atoms with E-state index in [2.05, 4.69) is 27.3 Å². The molecular weight excluding hydrogens is 510 g/mol. The molecular formula is C27H26Cl2F3N3O. The average molecular weight is 536 g/mol. The molecule has 2 heterocycles. The molecule has 0 spiro atoms. The zero-order chi connectivity index (χ0) is 25.8. The molecule has 0 saturated carbocycles. The summed E-state index contributed by atoms with van der Waals surface area (Å²) >= 11 is 11.9. The van der Waals surface area contributed by atoms with Gasteiger partial charge in [-0.1, -0.05) is 71.7 Å². The van der Waals surface area contributed by atoms with Crippen LogP contribution in [0.1, 0.15) is 39.9 Å². The van der Waals surface area contributed by atoms with Gasteiger partial charge in [-0.15, -0.1) is 0 Å². The highest BCUT2D eigenvalue weighted by Crippen LogP contribution is 2.36. The van der Waals surface area contributed by atoms with E-state index in [0.717, 1.165) is 24.5 Å². The summed E-state index contributed by atoms with van der Waals surface area (Å²) in [5.74, 6) is -0.289. The molecule has 0 unspecified atom stereocenters. The number of piperidine rings is 1. The number of hydrogen-bond donors (Lipinski definition) is 1. The number of nitrogens with one attached hydrogen (secondary N) is 1. The molecule has 0 radical (unpaired) electrons. The third kappa shape index (κ3) is 6.38. The first-order valence-electron chi connectivity index (χ1n) is 11.7. The van der Waals surface area contributed by atoms with Crippen molar-refractivity contribution < 1.29 is 18.0 Å². The molecule has 3 aromatic rings. The Labute approximate surface area is 218 Å². The fourth-order valence-corrected chi connectivity index (χ4v) is 5.27. The third-order valence-electron chi connectivity index (χ3n) is 6.83. The van der Waals surface area contributed by atoms with E-state index in [-0.39, 0.29) is 21.6 Å². The number of halogens is 5. The Morgan fingerprint density at radius 1 is 0.972 bits per heavy atom. The van der Waals surface area contributed by atoms with Crippen LogP contribution in [0.25, 0.3) is 0 Å². The van der Waals surface area contributed by atoms with E-state index in [9.17, 15) is 18.0 Å². The van der Waals surface area contributed by atoms with Gasteiger partial charge in [0.25, 0.3) is 5.91 Å². The average Bonchev–Trinajstić information content (AvgIpc) is 2.86. The zero-order valence-electron chi connectivity index (χ0n) is 19.5. The maximum absolute atomic E-state index is 13.4. The van der Waals surface area contributed by atoms with Gasteiger partial charge in [-0.3, -0.25) is 4.79 Å². The summed E-state index contributed by atoms with van der Waals surface area (Å²) < 4.78 is 40.1. The van der Waals surface area contributed by atoms with Gasteiger partial charge in [0.1, 0.15) is 10.3 Å². The highest BCUT2D eigenvalue weighted by Gasteiger charge is 2.37. The highest BCUT2D eigenvalue weighted by atomic mass is 35.5. The second-order valence-electron chi connectivity index (χ2n) is 9.08. The van der Waals surface area contributed by atoms with Crippen LogP contribution in [-0.4, -0.2) is 42.0 Å². The lowest BCUT2D eigenvalue weighted by molar-refractivity contribution is -0.138. The van der Waals surface area contributed by atoms with Crippen LogP contribution in [0.3, 0.4) is 0 Å². The summed E-state index contributed by atoms with van der Waals surface area (Å²) in [6.07, 6.45) is -2.51. The summed E-state index contributed by atoms with van der Waals surface area (Å²) in [5.41, 5.74) is 0.909. The van der Waals surface area contributed by atoms with Crippen LogP contribution in [0.5, 0.6) is 0 Å². The number of aromatic nitrogens is 1. The van der Waals surface area contributed by atoms with Gasteiger partial charge in [0.05, 0.1) is 5.56 Å². The Morgan fingerprint density at radius 2 is 1.58 bits per heavy atom. The van der Waals surface area contributed by atoms with Gasteiger partial charge in [-0.05, 0) is 61.7 Å². The first-order chi connectivity index (χ1) is 17.2. The van der Waals surface area contributed by atoms with E-state index < -0.39 is 11.7 Å². The monoisotopic (exact) mass is 535 g/mol. The Morgan fingerprint density at radius 3 is 2.22 bits per heavy atom. The molecule has 2 aromatic carbocycles. The lowest BCUT2D eigenvalue weighted by Crippen LogP contribution is -2.49. The zero-order valence-corrected chi connectivity index (χ0v) is 21.0. The van der Waals surface area contributed by atoms with Gasteiger partial charge < -0.3 is 10.2 Å². The molecule has 1 fully saturated rings. The number of nitrogens with zero attached hydrogens (tertiary/aromatic N) is 2. The Kier molecular flexibility index (Phi) is 8.23. The number of alkyl halides is 3. The number of likely N-dealkylation sites (tertiary alicyclic amines) is 1. The van der Waals surface area contributed by atoms with E-state index in [1.807, 2.05) is 18.2 Å². The molecule has 0 atom stereocenters. The van der Waals surface area contributed by atoms with E-state index in [1.165, 1.54) is 18.2 Å². The number of carbonyl (C=O) groups excluding carboxylic acids is 1. The maximum atomic E-state index is 13.4. The van der Waals surface area contributed by atoms with Crippen molar-refractivity contribution >= 4 is 29.1 Å². The Balaban J connectivity index is 1.43. The van der Waals surface area contributed by atoms with E-state index in [0.29, 0.717) is 43.7 Å². The van der Waals surface area contributed by atoms with E-state index in [4.69, 9.17) is 23.2 Å². The smallest absolute Gasteiger partial charge is 0.351 e. The number of pyridine rings is 1. The molecule has 0 aliphatic carbocycles. The highest BCUT2D eigenvalue weighted by molar-refractivity contribution is 6.33. The molecule has 1 aliphatic rings. The minimum Gasteiger partial charge on any atom is -0.351 e. The summed E-state index contributed by atoms with van der Waals surface area (Å²) in [6, 6.07) is 18.7. The maximum Gasteiger partial charge on any atom is 0.416 e. The number of benzene rings is 2. The second kappa shape index (κ2) is 11.2. The minimum absolute atomic E-state index is 0.144. The molecule has 36 heavy (non-hydrogen) atoms. The first-order valence-corrected chi connectivity index (χ1v) is 12.5. The van der Waals surface area contributed by atoms with Crippen molar-refractivity contribution in [1.29, 1.82) is 0 Å². The fraction of sp³-hybridized carbons (Fsp3) is 0.333. The fourth-order valence-electron chi connectivity index (χ4n) is 4.80. The van der Waals surface area contributed by atoms with Crippen LogP contribution in [0.4, 0.5) is 13.2 Å². The topological polar surface area (TPSA) is 45.2 Å². The molecule has 1 aromatic heterocycles.